The van der Waals surface area contributed by atoms with E-state index in [0.717, 1.165) is 31.5 Å². The molecule has 2 amide bonds. The van der Waals surface area contributed by atoms with E-state index in [1.54, 1.807) is 11.0 Å². The van der Waals surface area contributed by atoms with Gasteiger partial charge in [-0.2, -0.15) is 0 Å². The van der Waals surface area contributed by atoms with Crippen molar-refractivity contribution in [3.8, 4) is 0 Å². The zero-order valence-corrected chi connectivity index (χ0v) is 11.8. The van der Waals surface area contributed by atoms with Crippen molar-refractivity contribution in [2.45, 2.75) is 25.8 Å². The van der Waals surface area contributed by atoms with Crippen molar-refractivity contribution in [1.29, 1.82) is 0 Å². The standard InChI is InChI=1S/C15H21N3O2/c1-11-4-2-3-5-13(11)15(20)18(10-14(16)19)12-6-8-17-9-7-12/h2-5,12,17H,6-10H2,1H3,(H2,16,19). The molecule has 0 aromatic heterocycles. The quantitative estimate of drug-likeness (QED) is 0.848. The molecule has 0 bridgehead atoms. The van der Waals surface area contributed by atoms with Crippen molar-refractivity contribution >= 4 is 11.8 Å². The van der Waals surface area contributed by atoms with Gasteiger partial charge >= 0.3 is 0 Å². The minimum absolute atomic E-state index is 0.0160. The van der Waals surface area contributed by atoms with E-state index in [1.165, 1.54) is 0 Å². The number of amides is 2. The summed E-state index contributed by atoms with van der Waals surface area (Å²) in [7, 11) is 0. The fourth-order valence-electron chi connectivity index (χ4n) is 2.62. The minimum Gasteiger partial charge on any atom is -0.368 e. The summed E-state index contributed by atoms with van der Waals surface area (Å²) < 4.78 is 0. The predicted octanol–water partition coefficient (Wildman–Crippen LogP) is 0.675. The van der Waals surface area contributed by atoms with Crippen LogP contribution in [0.2, 0.25) is 0 Å². The lowest BCUT2D eigenvalue weighted by Gasteiger charge is -2.34. The molecule has 0 saturated carbocycles. The summed E-state index contributed by atoms with van der Waals surface area (Å²) in [4.78, 5) is 25.6. The van der Waals surface area contributed by atoms with Crippen molar-refractivity contribution < 1.29 is 9.59 Å². The first-order chi connectivity index (χ1) is 9.59. The number of nitrogens with one attached hydrogen (secondary N) is 1. The molecule has 1 saturated heterocycles. The number of nitrogens with two attached hydrogens (primary N) is 1. The molecule has 0 spiro atoms. The molecular formula is C15H21N3O2. The smallest absolute Gasteiger partial charge is 0.254 e. The van der Waals surface area contributed by atoms with Crippen LogP contribution in [0.3, 0.4) is 0 Å². The highest BCUT2D eigenvalue weighted by molar-refractivity contribution is 5.97. The van der Waals surface area contributed by atoms with Crippen molar-refractivity contribution in [2.24, 2.45) is 5.73 Å². The second-order valence-corrected chi connectivity index (χ2v) is 5.20. The number of piperidine rings is 1. The molecule has 3 N–H and O–H groups in total. The minimum atomic E-state index is -0.467. The molecule has 108 valence electrons. The topological polar surface area (TPSA) is 75.4 Å². The highest BCUT2D eigenvalue weighted by Crippen LogP contribution is 2.17. The summed E-state index contributed by atoms with van der Waals surface area (Å²) in [6.07, 6.45) is 1.70. The SMILES string of the molecule is Cc1ccccc1C(=O)N(CC(N)=O)C1CCNCC1. The first-order valence-electron chi connectivity index (χ1n) is 6.95. The third-order valence-electron chi connectivity index (χ3n) is 3.71. The van der Waals surface area contributed by atoms with Crippen molar-refractivity contribution in [1.82, 2.24) is 10.2 Å². The Morgan fingerprint density at radius 1 is 1.30 bits per heavy atom. The maximum absolute atomic E-state index is 12.7. The van der Waals surface area contributed by atoms with Crippen molar-refractivity contribution in [2.75, 3.05) is 19.6 Å². The van der Waals surface area contributed by atoms with E-state index in [4.69, 9.17) is 5.73 Å². The van der Waals surface area contributed by atoms with Gasteiger partial charge in [0.05, 0.1) is 6.54 Å². The number of benzene rings is 1. The molecule has 1 aromatic carbocycles. The van der Waals surface area contributed by atoms with E-state index in [-0.39, 0.29) is 18.5 Å². The van der Waals surface area contributed by atoms with E-state index in [0.29, 0.717) is 5.56 Å². The Labute approximate surface area is 119 Å². The largest absolute Gasteiger partial charge is 0.368 e. The van der Waals surface area contributed by atoms with E-state index >= 15 is 0 Å². The first kappa shape index (κ1) is 14.5. The van der Waals surface area contributed by atoms with Gasteiger partial charge in [0, 0.05) is 11.6 Å². The molecule has 20 heavy (non-hydrogen) atoms. The van der Waals surface area contributed by atoms with Gasteiger partial charge in [-0.25, -0.2) is 0 Å². The third kappa shape index (κ3) is 3.36. The fraction of sp³-hybridized carbons (Fsp3) is 0.467. The fourth-order valence-corrected chi connectivity index (χ4v) is 2.62. The first-order valence-corrected chi connectivity index (χ1v) is 6.95. The van der Waals surface area contributed by atoms with Crippen molar-refractivity contribution in [3.05, 3.63) is 35.4 Å². The molecule has 5 nitrogen and oxygen atoms in total. The number of primary amides is 1. The van der Waals surface area contributed by atoms with Crippen LogP contribution in [-0.2, 0) is 4.79 Å². The van der Waals surface area contributed by atoms with Gasteiger partial charge in [0.2, 0.25) is 5.91 Å². The van der Waals surface area contributed by atoms with Crippen LogP contribution in [-0.4, -0.2) is 42.4 Å². The Bertz CT molecular complexity index is 496. The third-order valence-corrected chi connectivity index (χ3v) is 3.71. The number of rotatable bonds is 4. The van der Waals surface area contributed by atoms with Crippen LogP contribution in [0.25, 0.3) is 0 Å². The highest BCUT2D eigenvalue weighted by atomic mass is 16.2. The number of hydrogen-bond donors (Lipinski definition) is 2. The second-order valence-electron chi connectivity index (χ2n) is 5.20. The lowest BCUT2D eigenvalue weighted by molar-refractivity contribution is -0.119. The van der Waals surface area contributed by atoms with Gasteiger partial charge in [0.15, 0.2) is 0 Å². The summed E-state index contributed by atoms with van der Waals surface area (Å²) in [5.41, 5.74) is 6.87. The van der Waals surface area contributed by atoms with E-state index in [9.17, 15) is 9.59 Å². The van der Waals surface area contributed by atoms with Crippen LogP contribution in [0.5, 0.6) is 0 Å². The summed E-state index contributed by atoms with van der Waals surface area (Å²) in [5, 5.41) is 3.26. The molecule has 2 rings (SSSR count). The van der Waals surface area contributed by atoms with Crippen LogP contribution in [0.1, 0.15) is 28.8 Å². The van der Waals surface area contributed by atoms with Gasteiger partial charge in [-0.15, -0.1) is 0 Å². The van der Waals surface area contributed by atoms with E-state index in [1.807, 2.05) is 25.1 Å². The van der Waals surface area contributed by atoms with Crippen LogP contribution < -0.4 is 11.1 Å². The van der Waals surface area contributed by atoms with Crippen LogP contribution in [0, 0.1) is 6.92 Å². The molecule has 1 aliphatic rings. The molecule has 1 aliphatic heterocycles. The monoisotopic (exact) mass is 275 g/mol. The summed E-state index contributed by atoms with van der Waals surface area (Å²) in [6, 6.07) is 7.52. The predicted molar refractivity (Wildman–Crippen MR) is 77.3 cm³/mol. The average Bonchev–Trinajstić information content (AvgIpc) is 2.45. The second kappa shape index (κ2) is 6.52. The van der Waals surface area contributed by atoms with Crippen LogP contribution in [0.4, 0.5) is 0 Å². The molecule has 5 heteroatoms. The maximum Gasteiger partial charge on any atom is 0.254 e. The van der Waals surface area contributed by atoms with Gasteiger partial charge in [-0.1, -0.05) is 18.2 Å². The average molecular weight is 275 g/mol. The van der Waals surface area contributed by atoms with Gasteiger partial charge in [-0.3, -0.25) is 9.59 Å². The van der Waals surface area contributed by atoms with Gasteiger partial charge in [0.25, 0.3) is 5.91 Å². The number of hydrogen-bond acceptors (Lipinski definition) is 3. The Kier molecular flexibility index (Phi) is 4.74. The van der Waals surface area contributed by atoms with Gasteiger partial charge < -0.3 is 16.0 Å². The van der Waals surface area contributed by atoms with Gasteiger partial charge in [0.1, 0.15) is 0 Å². The number of carbonyl (C=O) groups excluding carboxylic acids is 2. The molecule has 0 aliphatic carbocycles. The molecular weight excluding hydrogens is 254 g/mol. The number of nitrogens with zero attached hydrogens (tertiary/aromatic N) is 1. The summed E-state index contributed by atoms with van der Waals surface area (Å²) in [5.74, 6) is -0.570. The molecule has 0 unspecified atom stereocenters. The molecule has 1 aromatic rings. The van der Waals surface area contributed by atoms with E-state index in [2.05, 4.69) is 5.32 Å². The lowest BCUT2D eigenvalue weighted by atomic mass is 10.0. The molecule has 1 fully saturated rings. The van der Waals surface area contributed by atoms with Crippen molar-refractivity contribution in [3.63, 3.8) is 0 Å². The Balaban J connectivity index is 2.23. The zero-order valence-electron chi connectivity index (χ0n) is 11.8. The normalized spacial score (nSPS) is 15.8. The van der Waals surface area contributed by atoms with Gasteiger partial charge in [-0.05, 0) is 44.5 Å². The molecule has 0 radical (unpaired) electrons. The lowest BCUT2D eigenvalue weighted by Crippen LogP contribution is -2.49. The number of carbonyl (C=O) groups is 2. The zero-order chi connectivity index (χ0) is 14.5. The summed E-state index contributed by atoms with van der Waals surface area (Å²) >= 11 is 0. The Morgan fingerprint density at radius 2 is 1.95 bits per heavy atom. The Hall–Kier alpha value is -1.88. The maximum atomic E-state index is 12.7. The molecule has 0 atom stereocenters. The summed E-state index contributed by atoms with van der Waals surface area (Å²) in [6.45, 7) is 3.61. The Morgan fingerprint density at radius 3 is 2.55 bits per heavy atom. The van der Waals surface area contributed by atoms with Crippen LogP contribution in [0.15, 0.2) is 24.3 Å². The van der Waals surface area contributed by atoms with Crippen LogP contribution >= 0.6 is 0 Å². The number of aryl methyl sites for hydroxylation is 1. The van der Waals surface area contributed by atoms with E-state index < -0.39 is 5.91 Å². The highest BCUT2D eigenvalue weighted by Gasteiger charge is 2.27. The molecule has 1 heterocycles.